The third-order valence-electron chi connectivity index (χ3n) is 4.83. The van der Waals surface area contributed by atoms with Gasteiger partial charge in [-0.05, 0) is 43.3 Å². The first-order valence-electron chi connectivity index (χ1n) is 9.44. The van der Waals surface area contributed by atoms with Crippen molar-refractivity contribution in [1.82, 2.24) is 14.8 Å². The highest BCUT2D eigenvalue weighted by molar-refractivity contribution is 8.00. The van der Waals surface area contributed by atoms with Gasteiger partial charge in [-0.25, -0.2) is 0 Å². The summed E-state index contributed by atoms with van der Waals surface area (Å²) in [4.78, 5) is 12.7. The van der Waals surface area contributed by atoms with Gasteiger partial charge >= 0.3 is 0 Å². The first-order chi connectivity index (χ1) is 15.0. The van der Waals surface area contributed by atoms with Crippen LogP contribution in [0.25, 0.3) is 22.6 Å². The number of hydrogen-bond donors (Lipinski definition) is 1. The van der Waals surface area contributed by atoms with E-state index in [1.54, 1.807) is 28.8 Å². The average Bonchev–Trinajstić information content (AvgIpc) is 3.46. The van der Waals surface area contributed by atoms with E-state index in [9.17, 15) is 4.79 Å². The molecule has 0 spiro atoms. The molecular weight excluding hydrogens is 440 g/mol. The maximum absolute atomic E-state index is 12.7. The molecule has 5 rings (SSSR count). The molecule has 2 aromatic carbocycles. The summed E-state index contributed by atoms with van der Waals surface area (Å²) >= 11 is 7.36. The topological polar surface area (TPSA) is 91.4 Å². The van der Waals surface area contributed by atoms with Crippen LogP contribution < -0.4 is 14.8 Å². The highest BCUT2D eigenvalue weighted by Gasteiger charge is 2.22. The van der Waals surface area contributed by atoms with Gasteiger partial charge in [-0.1, -0.05) is 23.4 Å². The lowest BCUT2D eigenvalue weighted by Gasteiger charge is -2.12. The second kappa shape index (κ2) is 7.82. The van der Waals surface area contributed by atoms with Crippen LogP contribution in [0.5, 0.6) is 11.5 Å². The molecule has 3 heterocycles. The zero-order valence-corrected chi connectivity index (χ0v) is 18.2. The molecule has 0 bridgehead atoms. The normalized spacial score (nSPS) is 13.5. The van der Waals surface area contributed by atoms with Crippen LogP contribution in [-0.2, 0) is 11.8 Å². The van der Waals surface area contributed by atoms with E-state index in [0.29, 0.717) is 44.5 Å². The van der Waals surface area contributed by atoms with Crippen LogP contribution in [0.2, 0.25) is 5.02 Å². The Morgan fingerprint density at radius 1 is 1.16 bits per heavy atom. The van der Waals surface area contributed by atoms with Crippen molar-refractivity contribution in [2.75, 3.05) is 12.1 Å². The molecule has 2 aromatic heterocycles. The molecule has 1 amide bonds. The fourth-order valence-corrected chi connectivity index (χ4v) is 4.18. The molecule has 0 fully saturated rings. The largest absolute Gasteiger partial charge is 0.454 e. The number of furan rings is 1. The first-order valence-corrected chi connectivity index (χ1v) is 10.7. The number of rotatable bonds is 5. The SMILES string of the molecule is C[C@@H](Sc1nnc(-c2cc3cc(Cl)ccc3o2)n1C)C(=O)Nc1ccc2c(c1)OCO2. The number of ether oxygens (including phenoxy) is 2. The Bertz CT molecular complexity index is 1300. The molecular formula is C21H17ClN4O4S. The van der Waals surface area contributed by atoms with E-state index in [-0.39, 0.29) is 12.7 Å². The van der Waals surface area contributed by atoms with Gasteiger partial charge in [-0.3, -0.25) is 4.79 Å². The molecule has 1 atom stereocenters. The average molecular weight is 457 g/mol. The van der Waals surface area contributed by atoms with Crippen LogP contribution >= 0.6 is 23.4 Å². The smallest absolute Gasteiger partial charge is 0.237 e. The van der Waals surface area contributed by atoms with Crippen LogP contribution in [0.4, 0.5) is 5.69 Å². The molecule has 1 N–H and O–H groups in total. The lowest BCUT2D eigenvalue weighted by molar-refractivity contribution is -0.115. The van der Waals surface area contributed by atoms with Gasteiger partial charge in [0.05, 0.1) is 5.25 Å². The van der Waals surface area contributed by atoms with Gasteiger partial charge in [-0.2, -0.15) is 0 Å². The van der Waals surface area contributed by atoms with Crippen LogP contribution in [0, 0.1) is 0 Å². The van der Waals surface area contributed by atoms with Crippen molar-refractivity contribution in [3.8, 4) is 23.1 Å². The fraction of sp³-hybridized carbons (Fsp3) is 0.190. The molecule has 1 aliphatic rings. The number of thioether (sulfide) groups is 1. The number of nitrogens with zero attached hydrogens (tertiary/aromatic N) is 3. The van der Waals surface area contributed by atoms with Gasteiger partial charge in [0.2, 0.25) is 12.7 Å². The monoisotopic (exact) mass is 456 g/mol. The Morgan fingerprint density at radius 3 is 2.87 bits per heavy atom. The van der Waals surface area contributed by atoms with Crippen molar-refractivity contribution in [3.63, 3.8) is 0 Å². The molecule has 8 nitrogen and oxygen atoms in total. The molecule has 10 heteroatoms. The third kappa shape index (κ3) is 3.82. The second-order valence-electron chi connectivity index (χ2n) is 6.98. The zero-order chi connectivity index (χ0) is 21.5. The Labute approximate surface area is 186 Å². The number of benzene rings is 2. The maximum Gasteiger partial charge on any atom is 0.237 e. The molecule has 31 heavy (non-hydrogen) atoms. The number of amides is 1. The number of anilines is 1. The van der Waals surface area contributed by atoms with E-state index in [4.69, 9.17) is 25.5 Å². The van der Waals surface area contributed by atoms with Gasteiger partial charge in [0.15, 0.2) is 28.2 Å². The third-order valence-corrected chi connectivity index (χ3v) is 6.19. The van der Waals surface area contributed by atoms with Crippen LogP contribution in [0.3, 0.4) is 0 Å². The van der Waals surface area contributed by atoms with Crippen molar-refractivity contribution in [2.45, 2.75) is 17.3 Å². The molecule has 0 radical (unpaired) electrons. The quantitative estimate of drug-likeness (QED) is 0.434. The van der Waals surface area contributed by atoms with Crippen molar-refractivity contribution in [1.29, 1.82) is 0 Å². The highest BCUT2D eigenvalue weighted by Crippen LogP contribution is 2.35. The number of hydrogen-bond acceptors (Lipinski definition) is 7. The lowest BCUT2D eigenvalue weighted by Crippen LogP contribution is -2.22. The fourth-order valence-electron chi connectivity index (χ4n) is 3.19. The minimum atomic E-state index is -0.407. The van der Waals surface area contributed by atoms with Gasteiger partial charge in [0.25, 0.3) is 0 Å². The summed E-state index contributed by atoms with van der Waals surface area (Å²) in [7, 11) is 1.83. The molecule has 0 unspecified atom stereocenters. The van der Waals surface area contributed by atoms with E-state index in [2.05, 4.69) is 15.5 Å². The number of carbonyl (C=O) groups excluding carboxylic acids is 1. The zero-order valence-electron chi connectivity index (χ0n) is 16.6. The molecule has 1 aliphatic heterocycles. The van der Waals surface area contributed by atoms with E-state index < -0.39 is 5.25 Å². The van der Waals surface area contributed by atoms with Gasteiger partial charge in [0, 0.05) is 29.2 Å². The minimum absolute atomic E-state index is 0.160. The predicted molar refractivity (Wildman–Crippen MR) is 118 cm³/mol. The van der Waals surface area contributed by atoms with Crippen LogP contribution in [0.15, 0.2) is 52.0 Å². The number of carbonyl (C=O) groups is 1. The summed E-state index contributed by atoms with van der Waals surface area (Å²) in [6.45, 7) is 2.00. The number of aromatic nitrogens is 3. The summed E-state index contributed by atoms with van der Waals surface area (Å²) in [5.41, 5.74) is 1.36. The Kier molecular flexibility index (Phi) is 4.99. The van der Waals surface area contributed by atoms with Crippen LogP contribution in [0.1, 0.15) is 6.92 Å². The lowest BCUT2D eigenvalue weighted by atomic mass is 10.2. The van der Waals surface area contributed by atoms with Crippen molar-refractivity contribution >= 4 is 45.9 Å². The van der Waals surface area contributed by atoms with E-state index >= 15 is 0 Å². The molecule has 0 saturated heterocycles. The Balaban J connectivity index is 1.30. The summed E-state index contributed by atoms with van der Waals surface area (Å²) in [6.07, 6.45) is 0. The summed E-state index contributed by atoms with van der Waals surface area (Å²) in [5.74, 6) is 2.27. The van der Waals surface area contributed by atoms with E-state index in [1.165, 1.54) is 11.8 Å². The number of nitrogens with one attached hydrogen (secondary N) is 1. The Hall–Kier alpha value is -3.17. The molecule has 0 aliphatic carbocycles. The standard InChI is InChI=1S/C21H17ClN4O4S/c1-11(20(27)23-14-4-6-16-17(9-14)29-10-28-16)31-21-25-24-19(26(21)2)18-8-12-7-13(22)3-5-15(12)30-18/h3-9,11H,10H2,1-2H3,(H,23,27)/t11-/m1/s1. The minimum Gasteiger partial charge on any atom is -0.454 e. The van der Waals surface area contributed by atoms with Crippen molar-refractivity contribution in [2.24, 2.45) is 7.05 Å². The van der Waals surface area contributed by atoms with Gasteiger partial charge in [0.1, 0.15) is 5.58 Å². The number of halogens is 1. The highest BCUT2D eigenvalue weighted by atomic mass is 35.5. The summed E-state index contributed by atoms with van der Waals surface area (Å²) in [6, 6.07) is 12.6. The van der Waals surface area contributed by atoms with Crippen LogP contribution in [-0.4, -0.2) is 32.7 Å². The van der Waals surface area contributed by atoms with E-state index in [1.807, 2.05) is 32.2 Å². The van der Waals surface area contributed by atoms with E-state index in [0.717, 1.165) is 5.39 Å². The first kappa shape index (κ1) is 19.8. The maximum atomic E-state index is 12.7. The molecule has 4 aromatic rings. The van der Waals surface area contributed by atoms with Crippen molar-refractivity contribution in [3.05, 3.63) is 47.5 Å². The summed E-state index contributed by atoms with van der Waals surface area (Å²) in [5, 5.41) is 13.1. The van der Waals surface area contributed by atoms with Crippen molar-refractivity contribution < 1.29 is 18.7 Å². The van der Waals surface area contributed by atoms with Gasteiger partial charge in [-0.15, -0.1) is 10.2 Å². The summed E-state index contributed by atoms with van der Waals surface area (Å²) < 4.78 is 18.3. The van der Waals surface area contributed by atoms with Gasteiger partial charge < -0.3 is 23.8 Å². The molecule has 0 saturated carbocycles. The Morgan fingerprint density at radius 2 is 2.00 bits per heavy atom. The molecule has 158 valence electrons. The predicted octanol–water partition coefficient (Wildman–Crippen LogP) is 4.73. The second-order valence-corrected chi connectivity index (χ2v) is 8.72. The number of fused-ring (bicyclic) bond motifs is 2.